The third-order valence-electron chi connectivity index (χ3n) is 5.23. The van der Waals surface area contributed by atoms with E-state index >= 15 is 0 Å². The number of aromatic nitrogens is 3. The van der Waals surface area contributed by atoms with Crippen molar-refractivity contribution in [1.82, 2.24) is 19.9 Å². The topological polar surface area (TPSA) is 43.2 Å². The predicted octanol–water partition coefficient (Wildman–Crippen LogP) is 3.04. The SMILES string of the molecule is Fc1ccccc1-c1nnn2c1CO[C@H]1CN(Cc3ccccc3)C[C@@H]12. The average molecular weight is 350 g/mol. The molecule has 132 valence electrons. The van der Waals surface area contributed by atoms with Crippen LogP contribution < -0.4 is 0 Å². The van der Waals surface area contributed by atoms with Crippen molar-refractivity contribution in [3.63, 3.8) is 0 Å². The first kappa shape index (κ1) is 15.7. The van der Waals surface area contributed by atoms with Crippen LogP contribution in [0, 0.1) is 5.82 Å². The quantitative estimate of drug-likeness (QED) is 0.728. The molecule has 6 heteroatoms. The molecular formula is C20H19FN4O. The van der Waals surface area contributed by atoms with E-state index in [4.69, 9.17) is 4.74 Å². The molecule has 2 aliphatic rings. The number of halogens is 1. The number of likely N-dealkylation sites (tertiary alicyclic amines) is 1. The Kier molecular flexibility index (Phi) is 3.80. The van der Waals surface area contributed by atoms with E-state index in [0.29, 0.717) is 17.9 Å². The number of rotatable bonds is 3. The highest BCUT2D eigenvalue weighted by molar-refractivity contribution is 5.62. The summed E-state index contributed by atoms with van der Waals surface area (Å²) in [5.41, 5.74) is 3.22. The van der Waals surface area contributed by atoms with Gasteiger partial charge in [0, 0.05) is 25.2 Å². The van der Waals surface area contributed by atoms with Crippen LogP contribution >= 0.6 is 0 Å². The molecule has 3 heterocycles. The van der Waals surface area contributed by atoms with Crippen LogP contribution in [-0.2, 0) is 17.9 Å². The van der Waals surface area contributed by atoms with Gasteiger partial charge in [-0.15, -0.1) is 5.10 Å². The van der Waals surface area contributed by atoms with Crippen molar-refractivity contribution in [3.8, 4) is 11.3 Å². The number of hydrogen-bond donors (Lipinski definition) is 0. The van der Waals surface area contributed by atoms with E-state index in [2.05, 4.69) is 39.5 Å². The average Bonchev–Trinajstić information content (AvgIpc) is 3.26. The van der Waals surface area contributed by atoms with Crippen LogP contribution in [0.2, 0.25) is 0 Å². The van der Waals surface area contributed by atoms with Crippen molar-refractivity contribution in [3.05, 3.63) is 71.7 Å². The fraction of sp³-hybridized carbons (Fsp3) is 0.300. The number of ether oxygens (including phenoxy) is 1. The lowest BCUT2D eigenvalue weighted by molar-refractivity contribution is -0.00494. The lowest BCUT2D eigenvalue weighted by Gasteiger charge is -2.26. The third-order valence-corrected chi connectivity index (χ3v) is 5.23. The molecule has 2 atom stereocenters. The van der Waals surface area contributed by atoms with Gasteiger partial charge in [0.15, 0.2) is 0 Å². The highest BCUT2D eigenvalue weighted by atomic mass is 19.1. The van der Waals surface area contributed by atoms with Gasteiger partial charge in [-0.1, -0.05) is 47.7 Å². The number of nitrogens with zero attached hydrogens (tertiary/aromatic N) is 4. The van der Waals surface area contributed by atoms with E-state index in [0.717, 1.165) is 25.3 Å². The van der Waals surface area contributed by atoms with Crippen molar-refractivity contribution >= 4 is 0 Å². The highest BCUT2D eigenvalue weighted by Gasteiger charge is 2.40. The minimum Gasteiger partial charge on any atom is -0.368 e. The minimum atomic E-state index is -0.282. The fourth-order valence-electron chi connectivity index (χ4n) is 3.96. The molecule has 5 nitrogen and oxygen atoms in total. The van der Waals surface area contributed by atoms with Crippen LogP contribution in [0.5, 0.6) is 0 Å². The Bertz CT molecular complexity index is 927. The molecule has 0 unspecified atom stereocenters. The van der Waals surface area contributed by atoms with E-state index < -0.39 is 0 Å². The van der Waals surface area contributed by atoms with Gasteiger partial charge < -0.3 is 4.74 Å². The van der Waals surface area contributed by atoms with E-state index in [1.54, 1.807) is 12.1 Å². The summed E-state index contributed by atoms with van der Waals surface area (Å²) in [5, 5.41) is 8.62. The Labute approximate surface area is 151 Å². The predicted molar refractivity (Wildman–Crippen MR) is 94.7 cm³/mol. The summed E-state index contributed by atoms with van der Waals surface area (Å²) in [6, 6.07) is 17.2. The van der Waals surface area contributed by atoms with Crippen LogP contribution in [0.25, 0.3) is 11.3 Å². The van der Waals surface area contributed by atoms with Crippen molar-refractivity contribution < 1.29 is 9.13 Å². The Morgan fingerprint density at radius 3 is 2.69 bits per heavy atom. The molecule has 0 N–H and O–H groups in total. The van der Waals surface area contributed by atoms with Crippen LogP contribution in [0.4, 0.5) is 4.39 Å². The van der Waals surface area contributed by atoms with E-state index in [1.807, 2.05) is 16.8 Å². The summed E-state index contributed by atoms with van der Waals surface area (Å²) in [5.74, 6) is -0.282. The van der Waals surface area contributed by atoms with Gasteiger partial charge in [-0.3, -0.25) is 4.90 Å². The second-order valence-corrected chi connectivity index (χ2v) is 6.91. The lowest BCUT2D eigenvalue weighted by atomic mass is 10.1. The van der Waals surface area contributed by atoms with Gasteiger partial charge in [-0.2, -0.15) is 0 Å². The van der Waals surface area contributed by atoms with E-state index in [1.165, 1.54) is 11.6 Å². The van der Waals surface area contributed by atoms with Gasteiger partial charge >= 0.3 is 0 Å². The summed E-state index contributed by atoms with van der Waals surface area (Å²) in [7, 11) is 0. The summed E-state index contributed by atoms with van der Waals surface area (Å²) >= 11 is 0. The molecule has 0 amide bonds. The molecule has 0 spiro atoms. The van der Waals surface area contributed by atoms with E-state index in [9.17, 15) is 4.39 Å². The molecule has 0 bridgehead atoms. The van der Waals surface area contributed by atoms with Gasteiger partial charge in [0.25, 0.3) is 0 Å². The second-order valence-electron chi connectivity index (χ2n) is 6.91. The molecule has 5 rings (SSSR count). The van der Waals surface area contributed by atoms with Crippen molar-refractivity contribution in [2.45, 2.75) is 25.3 Å². The van der Waals surface area contributed by atoms with E-state index in [-0.39, 0.29) is 18.0 Å². The summed E-state index contributed by atoms with van der Waals surface area (Å²) in [4.78, 5) is 2.38. The second kappa shape index (κ2) is 6.30. The summed E-state index contributed by atoms with van der Waals surface area (Å²) in [6.45, 7) is 3.03. The molecule has 0 saturated carbocycles. The van der Waals surface area contributed by atoms with Gasteiger partial charge in [0.05, 0.1) is 24.4 Å². The number of fused-ring (bicyclic) bond motifs is 3. The fourth-order valence-corrected chi connectivity index (χ4v) is 3.96. The maximum Gasteiger partial charge on any atom is 0.132 e. The zero-order valence-corrected chi connectivity index (χ0v) is 14.3. The molecule has 2 aliphatic heterocycles. The molecule has 1 aromatic heterocycles. The zero-order chi connectivity index (χ0) is 17.5. The molecule has 1 fully saturated rings. The molecular weight excluding hydrogens is 331 g/mol. The molecule has 3 aromatic rings. The highest BCUT2D eigenvalue weighted by Crippen LogP contribution is 2.35. The van der Waals surface area contributed by atoms with Crippen LogP contribution in [0.15, 0.2) is 54.6 Å². The lowest BCUT2D eigenvalue weighted by Crippen LogP contribution is -2.32. The Balaban J connectivity index is 1.41. The molecule has 0 radical (unpaired) electrons. The first-order chi connectivity index (χ1) is 12.8. The maximum absolute atomic E-state index is 14.2. The minimum absolute atomic E-state index is 0.0985. The van der Waals surface area contributed by atoms with Gasteiger partial charge in [0.2, 0.25) is 0 Å². The van der Waals surface area contributed by atoms with Gasteiger partial charge in [-0.25, -0.2) is 9.07 Å². The Hall–Kier alpha value is -2.57. The van der Waals surface area contributed by atoms with Crippen LogP contribution in [-0.4, -0.2) is 39.1 Å². The Morgan fingerprint density at radius 2 is 1.85 bits per heavy atom. The van der Waals surface area contributed by atoms with Crippen molar-refractivity contribution in [2.75, 3.05) is 13.1 Å². The van der Waals surface area contributed by atoms with Crippen molar-refractivity contribution in [1.29, 1.82) is 0 Å². The maximum atomic E-state index is 14.2. The standard InChI is InChI=1S/C20H19FN4O/c21-16-9-5-4-8-15(16)20-18-13-26-19-12-24(10-14-6-2-1-3-7-14)11-17(19)25(18)23-22-20/h1-9,17,19H,10-13H2/t17-,19-/m0/s1. The molecule has 0 aliphatic carbocycles. The first-order valence-corrected chi connectivity index (χ1v) is 8.86. The largest absolute Gasteiger partial charge is 0.368 e. The number of benzene rings is 2. The van der Waals surface area contributed by atoms with Gasteiger partial charge in [0.1, 0.15) is 11.5 Å². The molecule has 2 aromatic carbocycles. The summed E-state index contributed by atoms with van der Waals surface area (Å²) < 4.78 is 22.2. The van der Waals surface area contributed by atoms with Gasteiger partial charge in [-0.05, 0) is 17.7 Å². The zero-order valence-electron chi connectivity index (χ0n) is 14.3. The third kappa shape index (κ3) is 2.62. The smallest absolute Gasteiger partial charge is 0.132 e. The summed E-state index contributed by atoms with van der Waals surface area (Å²) in [6.07, 6.45) is 0.0985. The Morgan fingerprint density at radius 1 is 1.04 bits per heavy atom. The normalized spacial score (nSPS) is 22.2. The monoisotopic (exact) mass is 350 g/mol. The first-order valence-electron chi connectivity index (χ1n) is 8.86. The van der Waals surface area contributed by atoms with Crippen LogP contribution in [0.1, 0.15) is 17.3 Å². The van der Waals surface area contributed by atoms with Crippen molar-refractivity contribution in [2.24, 2.45) is 0 Å². The molecule has 1 saturated heterocycles. The molecule has 26 heavy (non-hydrogen) atoms. The number of hydrogen-bond acceptors (Lipinski definition) is 4. The van der Waals surface area contributed by atoms with Crippen LogP contribution in [0.3, 0.4) is 0 Å².